The summed E-state index contributed by atoms with van der Waals surface area (Å²) < 4.78 is 88.3. The number of hydrogen-bond donors (Lipinski definition) is 1. The van der Waals surface area contributed by atoms with Gasteiger partial charge < -0.3 is 5.32 Å². The van der Waals surface area contributed by atoms with Gasteiger partial charge in [0, 0.05) is 35.6 Å². The quantitative estimate of drug-likeness (QED) is 0.0962. The first-order chi connectivity index (χ1) is 21.2. The number of rotatable bonds is 10. The number of carbonyl (C=O) groups is 3. The van der Waals surface area contributed by atoms with Crippen molar-refractivity contribution in [3.8, 4) is 0 Å². The minimum Gasteiger partial charge on any atom is -0.326 e. The minimum absolute atomic E-state index is 0.0662. The summed E-state index contributed by atoms with van der Waals surface area (Å²) in [6.45, 7) is 0. The summed E-state index contributed by atoms with van der Waals surface area (Å²) in [5.74, 6) is -9.62. The van der Waals surface area contributed by atoms with E-state index in [0.29, 0.717) is 11.6 Å². The average molecular weight is 786 g/mol. The molecule has 18 heteroatoms. The molecule has 1 fully saturated rings. The first-order valence-corrected chi connectivity index (χ1v) is 16.5. The molecule has 246 valence electrons. The van der Waals surface area contributed by atoms with E-state index in [4.69, 9.17) is 69.6 Å². The minimum atomic E-state index is -5.88. The smallest absolute Gasteiger partial charge is 0.326 e. The molecule has 0 aromatic heterocycles. The second-order valence-electron chi connectivity index (χ2n) is 10.1. The van der Waals surface area contributed by atoms with E-state index in [1.807, 2.05) is 0 Å². The van der Waals surface area contributed by atoms with Crippen LogP contribution in [0.1, 0.15) is 33.0 Å². The number of amides is 1. The van der Waals surface area contributed by atoms with Gasteiger partial charge in [0.05, 0.1) is 26.0 Å². The van der Waals surface area contributed by atoms with Crippen molar-refractivity contribution in [2.24, 2.45) is 5.92 Å². The number of anilines is 1. The Labute approximate surface area is 287 Å². The van der Waals surface area contributed by atoms with Crippen molar-refractivity contribution >= 4 is 103 Å². The van der Waals surface area contributed by atoms with Gasteiger partial charge in [0.15, 0.2) is 11.6 Å². The number of hydrogen-bond acceptors (Lipinski definition) is 5. The van der Waals surface area contributed by atoms with E-state index in [0.717, 1.165) is 6.07 Å². The fourth-order valence-electron chi connectivity index (χ4n) is 4.61. The first kappa shape index (κ1) is 36.6. The van der Waals surface area contributed by atoms with Gasteiger partial charge in [-0.05, 0) is 47.5 Å². The Morgan fingerprint density at radius 2 is 1.48 bits per heavy atom. The van der Waals surface area contributed by atoms with E-state index < -0.39 is 90.3 Å². The van der Waals surface area contributed by atoms with Crippen LogP contribution in [0.5, 0.6) is 0 Å². The molecule has 0 bridgehead atoms. The summed E-state index contributed by atoms with van der Waals surface area (Å²) in [6, 6.07) is 8.25. The Bertz CT molecular complexity index is 1860. The lowest BCUT2D eigenvalue weighted by Gasteiger charge is -2.12. The lowest BCUT2D eigenvalue weighted by atomic mass is 9.98. The standard InChI is InChI=1S/C28H16Cl6F5NO5S/c29-17-3-2-13(40-26(43)23-22(27(23,33)34)12-5-18(30)24(32)19(31)6-12)8-15(17)21(42)7-11-1-4-20(35)16(25(11)36)9-14(41)10-46(44,45)28(37,38)39/h1-6,8,22-23H,7,9-10H2,(H,40,43)/t22-,23+/m0/s1. The van der Waals surface area contributed by atoms with Gasteiger partial charge >= 0.3 is 5.51 Å². The maximum atomic E-state index is 15.2. The number of carbonyl (C=O) groups excluding carboxylic acids is 3. The molecule has 1 saturated carbocycles. The fourth-order valence-corrected chi connectivity index (χ4v) is 6.97. The van der Waals surface area contributed by atoms with Crippen LogP contribution in [0, 0.1) is 17.6 Å². The van der Waals surface area contributed by atoms with Crippen LogP contribution in [0.15, 0.2) is 42.5 Å². The number of halogens is 11. The molecule has 1 N–H and O–H groups in total. The predicted molar refractivity (Wildman–Crippen MR) is 165 cm³/mol. The molecule has 4 rings (SSSR count). The summed E-state index contributed by atoms with van der Waals surface area (Å²) in [7, 11) is -5.88. The monoisotopic (exact) mass is 783 g/mol. The number of nitrogens with one attached hydrogen (secondary N) is 1. The SMILES string of the molecule is O=C(Cc1c(F)ccc(CC(=O)c2cc(NC(=O)[C@H]3[C@H](c4cc(Cl)c(Cl)c(Cl)c4)C3(Cl)Cl)ccc2Cl)c1F)CS(=O)(=O)C(F)(F)F. The van der Waals surface area contributed by atoms with E-state index in [9.17, 15) is 40.4 Å². The summed E-state index contributed by atoms with van der Waals surface area (Å²) in [4.78, 5) is 38.2. The zero-order valence-electron chi connectivity index (χ0n) is 22.4. The van der Waals surface area contributed by atoms with Crippen molar-refractivity contribution in [2.45, 2.75) is 28.6 Å². The molecule has 0 radical (unpaired) electrons. The highest BCUT2D eigenvalue weighted by Gasteiger charge is 2.67. The third kappa shape index (κ3) is 7.59. The van der Waals surface area contributed by atoms with Crippen molar-refractivity contribution in [2.75, 3.05) is 11.1 Å². The van der Waals surface area contributed by atoms with Crippen molar-refractivity contribution in [3.05, 3.63) is 96.4 Å². The molecule has 0 spiro atoms. The second-order valence-corrected chi connectivity index (χ2v) is 15.2. The van der Waals surface area contributed by atoms with Gasteiger partial charge in [-0.2, -0.15) is 13.2 Å². The summed E-state index contributed by atoms with van der Waals surface area (Å²) in [5, 5.41) is 2.78. The zero-order valence-corrected chi connectivity index (χ0v) is 27.8. The van der Waals surface area contributed by atoms with Crippen LogP contribution in [0.2, 0.25) is 20.1 Å². The molecule has 1 amide bonds. The van der Waals surface area contributed by atoms with E-state index in [-0.39, 0.29) is 31.3 Å². The Morgan fingerprint density at radius 1 is 0.870 bits per heavy atom. The lowest BCUT2D eigenvalue weighted by Crippen LogP contribution is -2.31. The first-order valence-electron chi connectivity index (χ1n) is 12.6. The third-order valence-electron chi connectivity index (χ3n) is 6.93. The highest BCUT2D eigenvalue weighted by molar-refractivity contribution is 7.92. The molecule has 2 atom stereocenters. The highest BCUT2D eigenvalue weighted by Crippen LogP contribution is 2.65. The Hall–Kier alpha value is -2.19. The van der Waals surface area contributed by atoms with Gasteiger partial charge in [-0.1, -0.05) is 52.5 Å². The summed E-state index contributed by atoms with van der Waals surface area (Å²) in [6.07, 6.45) is -2.09. The predicted octanol–water partition coefficient (Wildman–Crippen LogP) is 8.58. The van der Waals surface area contributed by atoms with Crippen molar-refractivity contribution in [1.82, 2.24) is 0 Å². The summed E-state index contributed by atoms with van der Waals surface area (Å²) in [5.41, 5.74) is -6.92. The van der Waals surface area contributed by atoms with E-state index in [1.54, 1.807) is 0 Å². The van der Waals surface area contributed by atoms with Gasteiger partial charge in [-0.15, -0.1) is 23.2 Å². The molecule has 0 heterocycles. The van der Waals surface area contributed by atoms with Crippen molar-refractivity contribution in [1.29, 1.82) is 0 Å². The third-order valence-corrected chi connectivity index (χ3v) is 10.8. The normalized spacial score (nSPS) is 17.5. The van der Waals surface area contributed by atoms with E-state index >= 15 is 4.39 Å². The Kier molecular flexibility index (Phi) is 10.7. The van der Waals surface area contributed by atoms with Crippen LogP contribution >= 0.6 is 69.6 Å². The molecule has 1 aliphatic rings. The van der Waals surface area contributed by atoms with E-state index in [2.05, 4.69) is 5.32 Å². The topological polar surface area (TPSA) is 97.4 Å². The van der Waals surface area contributed by atoms with Crippen LogP contribution in [0.3, 0.4) is 0 Å². The van der Waals surface area contributed by atoms with Crippen LogP contribution in [-0.4, -0.2) is 41.5 Å². The van der Waals surface area contributed by atoms with Crippen LogP contribution in [0.25, 0.3) is 0 Å². The second kappa shape index (κ2) is 13.4. The molecule has 0 unspecified atom stereocenters. The van der Waals surface area contributed by atoms with E-state index in [1.165, 1.54) is 30.3 Å². The van der Waals surface area contributed by atoms with Crippen molar-refractivity contribution in [3.63, 3.8) is 0 Å². The molecule has 3 aromatic rings. The number of Topliss-reactive ketones (excluding diaryl/α,β-unsaturated/α-hetero) is 2. The number of alkyl halides is 5. The largest absolute Gasteiger partial charge is 0.497 e. The molecule has 1 aliphatic carbocycles. The average Bonchev–Trinajstić information content (AvgIpc) is 3.52. The highest BCUT2D eigenvalue weighted by atomic mass is 35.5. The molecule has 0 aliphatic heterocycles. The molecular weight excluding hydrogens is 770 g/mol. The van der Waals surface area contributed by atoms with Gasteiger partial charge in [-0.25, -0.2) is 17.2 Å². The van der Waals surface area contributed by atoms with Gasteiger partial charge in [0.25, 0.3) is 9.84 Å². The van der Waals surface area contributed by atoms with Crippen LogP contribution in [-0.2, 0) is 32.3 Å². The maximum absolute atomic E-state index is 15.2. The van der Waals surface area contributed by atoms with Gasteiger partial charge in [0.1, 0.15) is 21.7 Å². The zero-order chi connectivity index (χ0) is 34.5. The van der Waals surface area contributed by atoms with Gasteiger partial charge in [0.2, 0.25) is 5.91 Å². The van der Waals surface area contributed by atoms with Crippen LogP contribution in [0.4, 0.5) is 27.6 Å². The fraction of sp³-hybridized carbons (Fsp3) is 0.250. The molecule has 6 nitrogen and oxygen atoms in total. The molecular formula is C28H16Cl6F5NO5S. The van der Waals surface area contributed by atoms with Crippen LogP contribution < -0.4 is 5.32 Å². The Morgan fingerprint density at radius 3 is 2.07 bits per heavy atom. The van der Waals surface area contributed by atoms with Gasteiger partial charge in [-0.3, -0.25) is 14.4 Å². The molecule has 3 aromatic carbocycles. The lowest BCUT2D eigenvalue weighted by molar-refractivity contribution is -0.117. The maximum Gasteiger partial charge on any atom is 0.497 e. The molecule has 0 saturated heterocycles. The number of benzene rings is 3. The summed E-state index contributed by atoms with van der Waals surface area (Å²) >= 11 is 37.1. The Balaban J connectivity index is 1.51. The van der Waals surface area contributed by atoms with Crippen molar-refractivity contribution < 1.29 is 44.8 Å². The number of sulfone groups is 1. The number of ketones is 2. The molecule has 46 heavy (non-hydrogen) atoms.